The van der Waals surface area contributed by atoms with E-state index < -0.39 is 0 Å². The molecule has 0 unspecified atom stereocenters. The fourth-order valence-corrected chi connectivity index (χ4v) is 1.29. The lowest BCUT2D eigenvalue weighted by Gasteiger charge is -2.01. The van der Waals surface area contributed by atoms with Gasteiger partial charge in [0.1, 0.15) is 10.8 Å². The molecule has 2 aromatic heterocycles. The Hall–Kier alpha value is -1.88. The van der Waals surface area contributed by atoms with Gasteiger partial charge in [0.25, 0.3) is 5.91 Å². The minimum absolute atomic E-state index is 0.273. The smallest absolute Gasteiger partial charge is 0.275 e. The zero-order valence-electron chi connectivity index (χ0n) is 8.51. The van der Waals surface area contributed by atoms with Crippen LogP contribution in [-0.2, 0) is 7.05 Å². The van der Waals surface area contributed by atoms with Crippen LogP contribution in [0, 0.1) is 0 Å². The average Bonchev–Trinajstić information content (AvgIpc) is 2.68. The molecule has 0 aliphatic rings. The number of pyridine rings is 1. The van der Waals surface area contributed by atoms with Gasteiger partial charge in [-0.05, 0) is 12.1 Å². The first-order valence-corrected chi connectivity index (χ1v) is 4.94. The Bertz CT molecular complexity index is 506. The van der Waals surface area contributed by atoms with Gasteiger partial charge in [0.05, 0.1) is 18.2 Å². The molecule has 2 rings (SSSR count). The molecule has 0 saturated carbocycles. The van der Waals surface area contributed by atoms with Crippen LogP contribution in [0.25, 0.3) is 0 Å². The number of aromatic nitrogens is 3. The highest BCUT2D eigenvalue weighted by molar-refractivity contribution is 6.29. The first-order valence-electron chi connectivity index (χ1n) is 4.56. The molecule has 0 bridgehead atoms. The number of nitrogens with one attached hydrogen (secondary N) is 1. The molecule has 0 aromatic carbocycles. The van der Waals surface area contributed by atoms with Crippen molar-refractivity contribution in [1.82, 2.24) is 14.5 Å². The summed E-state index contributed by atoms with van der Waals surface area (Å²) in [6.07, 6.45) is 4.69. The number of hydrogen-bond donors (Lipinski definition) is 1. The minimum Gasteiger partial charge on any atom is -0.340 e. The third kappa shape index (κ3) is 2.38. The molecule has 2 heterocycles. The molecule has 0 saturated heterocycles. The van der Waals surface area contributed by atoms with Gasteiger partial charge in [0, 0.05) is 13.2 Å². The van der Waals surface area contributed by atoms with Crippen LogP contribution >= 0.6 is 11.6 Å². The summed E-state index contributed by atoms with van der Waals surface area (Å²) in [5, 5.41) is 3.05. The Balaban J connectivity index is 2.10. The van der Waals surface area contributed by atoms with Gasteiger partial charge >= 0.3 is 0 Å². The topological polar surface area (TPSA) is 59.8 Å². The fraction of sp³-hybridized carbons (Fsp3) is 0.100. The third-order valence-corrected chi connectivity index (χ3v) is 2.15. The summed E-state index contributed by atoms with van der Waals surface area (Å²) < 4.78 is 1.70. The van der Waals surface area contributed by atoms with E-state index in [0.717, 1.165) is 0 Å². The molecule has 82 valence electrons. The van der Waals surface area contributed by atoms with Gasteiger partial charge in [-0.3, -0.25) is 4.79 Å². The van der Waals surface area contributed by atoms with E-state index in [2.05, 4.69) is 15.3 Å². The monoisotopic (exact) mass is 236 g/mol. The Morgan fingerprint density at radius 2 is 2.25 bits per heavy atom. The van der Waals surface area contributed by atoms with Gasteiger partial charge in [-0.25, -0.2) is 9.97 Å². The average molecular weight is 237 g/mol. The molecule has 0 aliphatic heterocycles. The van der Waals surface area contributed by atoms with Crippen LogP contribution in [0.15, 0.2) is 30.9 Å². The van der Waals surface area contributed by atoms with Crippen LogP contribution in [0.5, 0.6) is 0 Å². The normalized spacial score (nSPS) is 10.1. The van der Waals surface area contributed by atoms with Crippen LogP contribution < -0.4 is 5.32 Å². The summed E-state index contributed by atoms with van der Waals surface area (Å²) in [6.45, 7) is 0. The number of rotatable bonds is 2. The third-order valence-electron chi connectivity index (χ3n) is 1.92. The first-order chi connectivity index (χ1) is 7.65. The number of anilines is 1. The molecular weight excluding hydrogens is 228 g/mol. The Kier molecular flexibility index (Phi) is 2.87. The van der Waals surface area contributed by atoms with Gasteiger partial charge < -0.3 is 9.88 Å². The first kappa shape index (κ1) is 10.6. The molecular formula is C10H9ClN4O. The van der Waals surface area contributed by atoms with E-state index in [-0.39, 0.29) is 5.91 Å². The van der Waals surface area contributed by atoms with E-state index >= 15 is 0 Å². The molecule has 0 aliphatic carbocycles. The Morgan fingerprint density at radius 1 is 1.44 bits per heavy atom. The highest BCUT2D eigenvalue weighted by Crippen LogP contribution is 2.10. The van der Waals surface area contributed by atoms with Crippen LogP contribution in [0.2, 0.25) is 5.15 Å². The zero-order chi connectivity index (χ0) is 11.5. The second-order valence-electron chi connectivity index (χ2n) is 3.25. The van der Waals surface area contributed by atoms with Gasteiger partial charge in [-0.2, -0.15) is 0 Å². The van der Waals surface area contributed by atoms with Gasteiger partial charge in [-0.15, -0.1) is 0 Å². The molecule has 5 nitrogen and oxygen atoms in total. The van der Waals surface area contributed by atoms with Crippen molar-refractivity contribution >= 4 is 23.2 Å². The molecule has 6 heteroatoms. The number of imidazole rings is 1. The summed E-state index contributed by atoms with van der Waals surface area (Å²) in [6, 6.07) is 3.28. The van der Waals surface area contributed by atoms with Crippen molar-refractivity contribution in [2.75, 3.05) is 5.32 Å². The van der Waals surface area contributed by atoms with Crippen LogP contribution in [-0.4, -0.2) is 20.4 Å². The lowest BCUT2D eigenvalue weighted by atomic mass is 10.4. The Labute approximate surface area is 97.1 Å². The zero-order valence-corrected chi connectivity index (χ0v) is 9.27. The van der Waals surface area contributed by atoms with Crippen LogP contribution in [0.4, 0.5) is 5.69 Å². The van der Waals surface area contributed by atoms with E-state index in [0.29, 0.717) is 16.5 Å². The maximum Gasteiger partial charge on any atom is 0.275 e. The number of halogens is 1. The van der Waals surface area contributed by atoms with E-state index in [1.165, 1.54) is 6.20 Å². The predicted molar refractivity (Wildman–Crippen MR) is 60.4 cm³/mol. The maximum atomic E-state index is 11.7. The van der Waals surface area contributed by atoms with Gasteiger partial charge in [0.15, 0.2) is 0 Å². The minimum atomic E-state index is -0.273. The van der Waals surface area contributed by atoms with Crippen LogP contribution in [0.1, 0.15) is 10.5 Å². The molecule has 0 spiro atoms. The largest absolute Gasteiger partial charge is 0.340 e. The predicted octanol–water partition coefficient (Wildman–Crippen LogP) is 1.72. The summed E-state index contributed by atoms with van der Waals surface area (Å²) in [5.74, 6) is -0.273. The molecule has 2 aromatic rings. The van der Waals surface area contributed by atoms with Gasteiger partial charge in [0.2, 0.25) is 0 Å². The van der Waals surface area contributed by atoms with Crippen molar-refractivity contribution in [3.8, 4) is 0 Å². The SMILES string of the molecule is Cn1cnc(C(=O)Nc2ccc(Cl)nc2)c1. The lowest BCUT2D eigenvalue weighted by molar-refractivity contribution is 0.102. The van der Waals surface area contributed by atoms with Crippen molar-refractivity contribution in [3.63, 3.8) is 0 Å². The standard InChI is InChI=1S/C10H9ClN4O/c1-15-5-8(13-6-15)10(16)14-7-2-3-9(11)12-4-7/h2-6H,1H3,(H,14,16). The molecule has 1 amide bonds. The summed E-state index contributed by atoms with van der Waals surface area (Å²) >= 11 is 5.63. The lowest BCUT2D eigenvalue weighted by Crippen LogP contribution is -2.12. The Morgan fingerprint density at radius 3 is 2.81 bits per heavy atom. The summed E-state index contributed by atoms with van der Waals surface area (Å²) in [4.78, 5) is 19.5. The number of carbonyl (C=O) groups is 1. The molecule has 0 atom stereocenters. The van der Waals surface area contributed by atoms with Crippen molar-refractivity contribution in [2.45, 2.75) is 0 Å². The molecule has 0 radical (unpaired) electrons. The number of nitrogens with zero attached hydrogens (tertiary/aromatic N) is 3. The number of hydrogen-bond acceptors (Lipinski definition) is 3. The van der Waals surface area contributed by atoms with Crippen molar-refractivity contribution in [1.29, 1.82) is 0 Å². The highest BCUT2D eigenvalue weighted by Gasteiger charge is 2.08. The highest BCUT2D eigenvalue weighted by atomic mass is 35.5. The molecule has 0 fully saturated rings. The second-order valence-corrected chi connectivity index (χ2v) is 3.64. The fourth-order valence-electron chi connectivity index (χ4n) is 1.17. The van der Waals surface area contributed by atoms with E-state index in [1.54, 1.807) is 36.3 Å². The quantitative estimate of drug-likeness (QED) is 0.808. The van der Waals surface area contributed by atoms with Crippen LogP contribution in [0.3, 0.4) is 0 Å². The summed E-state index contributed by atoms with van der Waals surface area (Å²) in [7, 11) is 1.80. The molecule has 1 N–H and O–H groups in total. The van der Waals surface area contributed by atoms with E-state index in [1.807, 2.05) is 0 Å². The molecule has 16 heavy (non-hydrogen) atoms. The summed E-state index contributed by atoms with van der Waals surface area (Å²) in [5.41, 5.74) is 0.942. The second kappa shape index (κ2) is 4.32. The van der Waals surface area contributed by atoms with Gasteiger partial charge in [-0.1, -0.05) is 11.6 Å². The van der Waals surface area contributed by atoms with E-state index in [4.69, 9.17) is 11.6 Å². The number of carbonyl (C=O) groups excluding carboxylic acids is 1. The van der Waals surface area contributed by atoms with E-state index in [9.17, 15) is 4.79 Å². The van der Waals surface area contributed by atoms with Crippen molar-refractivity contribution < 1.29 is 4.79 Å². The number of aryl methyl sites for hydroxylation is 1. The maximum absolute atomic E-state index is 11.7. The van der Waals surface area contributed by atoms with Crippen molar-refractivity contribution in [2.24, 2.45) is 7.05 Å². The number of amides is 1. The van der Waals surface area contributed by atoms with Crippen molar-refractivity contribution in [3.05, 3.63) is 41.7 Å².